The molecule has 15 heteroatoms. The molecular formula is C51H98O12S3. The van der Waals surface area contributed by atoms with Crippen LogP contribution in [-0.2, 0) is 58.1 Å². The van der Waals surface area contributed by atoms with Crippen molar-refractivity contribution in [3.63, 3.8) is 0 Å². The van der Waals surface area contributed by atoms with E-state index in [-0.39, 0.29) is 17.3 Å². The Balaban J connectivity index is 4.95. The smallest absolute Gasteiger partial charge is 0.321 e. The number of carbonyl (C=O) groups is 3. The molecule has 0 unspecified atom stereocenters. The molecular weight excluding hydrogens is 901 g/mol. The summed E-state index contributed by atoms with van der Waals surface area (Å²) in [6.45, 7) is 5.19. The highest BCUT2D eigenvalue weighted by Crippen LogP contribution is 2.16. The van der Waals surface area contributed by atoms with Gasteiger partial charge in [-0.2, -0.15) is 0 Å². The predicted octanol–water partition coefficient (Wildman–Crippen LogP) is 12.3. The largest absolute Gasteiger partial charge is 0.461 e. The van der Waals surface area contributed by atoms with E-state index in [1.54, 1.807) is 0 Å². The Morgan fingerprint density at radius 1 is 0.303 bits per heavy atom. The van der Waals surface area contributed by atoms with E-state index in [2.05, 4.69) is 20.8 Å². The second-order valence-electron chi connectivity index (χ2n) is 18.9. The van der Waals surface area contributed by atoms with Gasteiger partial charge in [0.1, 0.15) is 30.5 Å². The van der Waals surface area contributed by atoms with Crippen LogP contribution < -0.4 is 0 Å². The summed E-state index contributed by atoms with van der Waals surface area (Å²) in [6.07, 6.45) is 37.3. The van der Waals surface area contributed by atoms with Crippen molar-refractivity contribution in [2.75, 3.05) is 47.7 Å². The van der Waals surface area contributed by atoms with Gasteiger partial charge in [0.15, 0.2) is 35.6 Å². The van der Waals surface area contributed by atoms with Crippen LogP contribution in [0.25, 0.3) is 0 Å². The number of sulfone groups is 3. The van der Waals surface area contributed by atoms with Gasteiger partial charge in [0.05, 0.1) is 17.3 Å². The van der Waals surface area contributed by atoms with Gasteiger partial charge in [0.25, 0.3) is 0 Å². The number of esters is 3. The second kappa shape index (κ2) is 43.3. The number of rotatable bonds is 50. The monoisotopic (exact) mass is 999 g/mol. The summed E-state index contributed by atoms with van der Waals surface area (Å²) in [5.41, 5.74) is 0. The van der Waals surface area contributed by atoms with Gasteiger partial charge in [0, 0.05) is 0 Å². The average Bonchev–Trinajstić information content (AvgIpc) is 3.25. The lowest BCUT2D eigenvalue weighted by Gasteiger charge is -2.18. The van der Waals surface area contributed by atoms with Gasteiger partial charge in [-0.15, -0.1) is 0 Å². The van der Waals surface area contributed by atoms with Crippen molar-refractivity contribution in [1.82, 2.24) is 0 Å². The third kappa shape index (κ3) is 44.7. The summed E-state index contributed by atoms with van der Waals surface area (Å²) in [5.74, 6) is -6.62. The zero-order chi connectivity index (χ0) is 49.0. The second-order valence-corrected chi connectivity index (χ2v) is 25.5. The lowest BCUT2D eigenvalue weighted by Crippen LogP contribution is -2.35. The Hall–Kier alpha value is -1.74. The molecule has 0 aliphatic heterocycles. The minimum Gasteiger partial charge on any atom is -0.461 e. The summed E-state index contributed by atoms with van der Waals surface area (Å²) in [7, 11) is -11.4. The first-order valence-corrected chi connectivity index (χ1v) is 32.2. The molecule has 0 N–H and O–H groups in total. The van der Waals surface area contributed by atoms with E-state index in [9.17, 15) is 39.6 Å². The van der Waals surface area contributed by atoms with E-state index in [0.29, 0.717) is 25.7 Å². The predicted molar refractivity (Wildman–Crippen MR) is 271 cm³/mol. The lowest BCUT2D eigenvalue weighted by atomic mass is 10.1. The van der Waals surface area contributed by atoms with Crippen molar-refractivity contribution in [2.24, 2.45) is 0 Å². The first-order valence-electron chi connectivity index (χ1n) is 26.8. The number of hydrogen-bond acceptors (Lipinski definition) is 12. The first kappa shape index (κ1) is 64.3. The first-order chi connectivity index (χ1) is 31.6. The van der Waals surface area contributed by atoms with E-state index in [1.807, 2.05) is 0 Å². The van der Waals surface area contributed by atoms with Crippen LogP contribution in [0.1, 0.15) is 252 Å². The molecule has 0 fully saturated rings. The molecule has 0 aliphatic rings. The Bertz CT molecular complexity index is 1440. The number of hydrogen-bond donors (Lipinski definition) is 0. The van der Waals surface area contributed by atoms with E-state index in [0.717, 1.165) is 70.6 Å². The third-order valence-electron chi connectivity index (χ3n) is 12.1. The fraction of sp³-hybridized carbons (Fsp3) is 0.941. The highest BCUT2D eigenvalue weighted by Gasteiger charge is 2.26. The van der Waals surface area contributed by atoms with Gasteiger partial charge in [-0.05, 0) is 19.3 Å². The van der Waals surface area contributed by atoms with Crippen LogP contribution in [0.5, 0.6) is 0 Å². The average molecular weight is 1000 g/mol. The third-order valence-corrected chi connectivity index (χ3v) is 16.9. The minimum atomic E-state index is -3.85. The van der Waals surface area contributed by atoms with E-state index >= 15 is 0 Å². The number of ether oxygens (including phenoxy) is 3. The number of unbranched alkanes of at least 4 members (excludes halogenated alkanes) is 33. The van der Waals surface area contributed by atoms with Crippen LogP contribution in [0.2, 0.25) is 0 Å². The summed E-state index contributed by atoms with van der Waals surface area (Å²) in [4.78, 5) is 38.1. The molecule has 392 valence electrons. The van der Waals surface area contributed by atoms with Gasteiger partial charge in [-0.25, -0.2) is 25.3 Å². The minimum absolute atomic E-state index is 0.180. The quantitative estimate of drug-likeness (QED) is 0.0320. The van der Waals surface area contributed by atoms with Crippen molar-refractivity contribution < 1.29 is 53.8 Å². The Labute approximate surface area is 405 Å². The normalized spacial score (nSPS) is 12.2. The van der Waals surface area contributed by atoms with Crippen LogP contribution in [0, 0.1) is 0 Å². The molecule has 0 rings (SSSR count). The van der Waals surface area contributed by atoms with Crippen LogP contribution in [-0.4, -0.2) is 97.0 Å². The molecule has 0 spiro atoms. The Kier molecular flexibility index (Phi) is 42.2. The van der Waals surface area contributed by atoms with Gasteiger partial charge < -0.3 is 14.2 Å². The summed E-state index contributed by atoms with van der Waals surface area (Å²) < 4.78 is 92.0. The Morgan fingerprint density at radius 2 is 0.500 bits per heavy atom. The molecule has 0 heterocycles. The summed E-state index contributed by atoms with van der Waals surface area (Å²) in [5, 5.41) is 0. The van der Waals surface area contributed by atoms with Gasteiger partial charge >= 0.3 is 17.9 Å². The summed E-state index contributed by atoms with van der Waals surface area (Å²) >= 11 is 0. The van der Waals surface area contributed by atoms with Crippen LogP contribution in [0.15, 0.2) is 0 Å². The zero-order valence-corrected chi connectivity index (χ0v) is 44.8. The standard InChI is InChI=1S/C51H98O12S3/c1-4-7-10-13-16-19-22-25-28-31-34-37-40-64(55,56)45-49(52)61-43-48(63-51(54)47-66(59,60)42-39-36-33-30-27-24-21-18-15-12-9-6-3)44-62-50(53)46-65(57,58)41-38-35-32-29-26-23-20-17-14-11-8-5-2/h48H,4-47H2,1-3H3. The molecule has 0 aromatic carbocycles. The maximum absolute atomic E-state index is 12.8. The lowest BCUT2D eigenvalue weighted by molar-refractivity contribution is -0.163. The fourth-order valence-electron chi connectivity index (χ4n) is 8.04. The fourth-order valence-corrected chi connectivity index (χ4v) is 11.7. The molecule has 0 aromatic heterocycles. The molecule has 0 aliphatic carbocycles. The molecule has 12 nitrogen and oxygen atoms in total. The molecule has 0 bridgehead atoms. The SMILES string of the molecule is CCCCCCCCCCCCCCS(=O)(=O)CC(=O)OCC(COC(=O)CS(=O)(=O)CCCCCCCCCCCCCC)OC(=O)CS(=O)(=O)CCCCCCCCCCCCCC. The van der Waals surface area contributed by atoms with Crippen LogP contribution in [0.3, 0.4) is 0 Å². The van der Waals surface area contributed by atoms with E-state index < -0.39 is 84.0 Å². The molecule has 0 radical (unpaired) electrons. The van der Waals surface area contributed by atoms with Crippen molar-refractivity contribution >= 4 is 47.4 Å². The molecule has 0 amide bonds. The van der Waals surface area contributed by atoms with Crippen molar-refractivity contribution in [3.8, 4) is 0 Å². The van der Waals surface area contributed by atoms with Gasteiger partial charge in [-0.3, -0.25) is 14.4 Å². The molecule has 0 atom stereocenters. The zero-order valence-electron chi connectivity index (χ0n) is 42.3. The molecule has 0 saturated heterocycles. The molecule has 0 aromatic rings. The van der Waals surface area contributed by atoms with Crippen LogP contribution >= 0.6 is 0 Å². The highest BCUT2D eigenvalue weighted by molar-refractivity contribution is 7.92. The van der Waals surface area contributed by atoms with Crippen LogP contribution in [0.4, 0.5) is 0 Å². The van der Waals surface area contributed by atoms with Crippen molar-refractivity contribution in [2.45, 2.75) is 258 Å². The van der Waals surface area contributed by atoms with Gasteiger partial charge in [0.2, 0.25) is 0 Å². The van der Waals surface area contributed by atoms with Crippen molar-refractivity contribution in [3.05, 3.63) is 0 Å². The maximum Gasteiger partial charge on any atom is 0.321 e. The molecule has 66 heavy (non-hydrogen) atoms. The highest BCUT2D eigenvalue weighted by atomic mass is 32.2. The van der Waals surface area contributed by atoms with Gasteiger partial charge in [-0.1, -0.05) is 233 Å². The maximum atomic E-state index is 12.8. The van der Waals surface area contributed by atoms with E-state index in [4.69, 9.17) is 14.2 Å². The Morgan fingerprint density at radius 3 is 0.727 bits per heavy atom. The van der Waals surface area contributed by atoms with E-state index in [1.165, 1.54) is 135 Å². The number of carbonyl (C=O) groups excluding carboxylic acids is 3. The van der Waals surface area contributed by atoms with Crippen molar-refractivity contribution in [1.29, 1.82) is 0 Å². The summed E-state index contributed by atoms with van der Waals surface area (Å²) in [6, 6.07) is 0. The topological polar surface area (TPSA) is 181 Å². The molecule has 0 saturated carbocycles.